The number of aliphatic hydroxyl groups is 1. The first-order valence-corrected chi connectivity index (χ1v) is 7.70. The Morgan fingerprint density at radius 1 is 1.20 bits per heavy atom. The molecule has 112 valence electrons. The summed E-state index contributed by atoms with van der Waals surface area (Å²) in [7, 11) is 1.70. The summed E-state index contributed by atoms with van der Waals surface area (Å²) in [4.78, 5) is 0. The molecule has 2 atom stereocenters. The standard InChI is InChI=1S/C17H26O3/c1-3-20-15-12-8-7-11-14(15)16(18)17(19-2)13-9-5-4-6-10-13/h7-8,11-13,16-18H,3-6,9-10H2,1-2H3. The van der Waals surface area contributed by atoms with Crippen molar-refractivity contribution in [1.29, 1.82) is 0 Å². The van der Waals surface area contributed by atoms with Crippen LogP contribution in [0.25, 0.3) is 0 Å². The first-order valence-electron chi connectivity index (χ1n) is 7.70. The molecule has 1 fully saturated rings. The number of benzene rings is 1. The fourth-order valence-corrected chi connectivity index (χ4v) is 3.23. The van der Waals surface area contributed by atoms with E-state index in [1.807, 2.05) is 31.2 Å². The molecule has 1 N–H and O–H groups in total. The zero-order chi connectivity index (χ0) is 14.4. The lowest BCUT2D eigenvalue weighted by molar-refractivity contribution is -0.0567. The fourth-order valence-electron chi connectivity index (χ4n) is 3.23. The fraction of sp³-hybridized carbons (Fsp3) is 0.647. The second kappa shape index (κ2) is 7.65. The molecule has 1 aliphatic carbocycles. The first-order chi connectivity index (χ1) is 9.77. The van der Waals surface area contributed by atoms with Crippen LogP contribution < -0.4 is 4.74 Å². The average molecular weight is 278 g/mol. The maximum Gasteiger partial charge on any atom is 0.125 e. The summed E-state index contributed by atoms with van der Waals surface area (Å²) >= 11 is 0. The molecule has 20 heavy (non-hydrogen) atoms. The van der Waals surface area contributed by atoms with Gasteiger partial charge in [0, 0.05) is 12.7 Å². The topological polar surface area (TPSA) is 38.7 Å². The van der Waals surface area contributed by atoms with Crippen molar-refractivity contribution in [3.05, 3.63) is 29.8 Å². The van der Waals surface area contributed by atoms with Gasteiger partial charge in [0.15, 0.2) is 0 Å². The smallest absolute Gasteiger partial charge is 0.125 e. The average Bonchev–Trinajstić information content (AvgIpc) is 2.50. The van der Waals surface area contributed by atoms with Crippen LogP contribution in [0.4, 0.5) is 0 Å². The van der Waals surface area contributed by atoms with Gasteiger partial charge in [-0.3, -0.25) is 0 Å². The molecule has 1 aromatic rings. The van der Waals surface area contributed by atoms with Gasteiger partial charge in [0.1, 0.15) is 11.9 Å². The molecule has 1 saturated carbocycles. The van der Waals surface area contributed by atoms with Crippen LogP contribution in [0, 0.1) is 5.92 Å². The van der Waals surface area contributed by atoms with Gasteiger partial charge in [-0.25, -0.2) is 0 Å². The van der Waals surface area contributed by atoms with Crippen LogP contribution in [0.15, 0.2) is 24.3 Å². The van der Waals surface area contributed by atoms with Gasteiger partial charge >= 0.3 is 0 Å². The Morgan fingerprint density at radius 3 is 2.55 bits per heavy atom. The van der Waals surface area contributed by atoms with E-state index in [0.29, 0.717) is 12.5 Å². The van der Waals surface area contributed by atoms with Gasteiger partial charge < -0.3 is 14.6 Å². The van der Waals surface area contributed by atoms with Crippen molar-refractivity contribution in [2.75, 3.05) is 13.7 Å². The summed E-state index contributed by atoms with van der Waals surface area (Å²) in [5.74, 6) is 1.21. The Morgan fingerprint density at radius 2 is 1.90 bits per heavy atom. The van der Waals surface area contributed by atoms with Crippen molar-refractivity contribution < 1.29 is 14.6 Å². The van der Waals surface area contributed by atoms with E-state index in [2.05, 4.69) is 0 Å². The normalized spacial score (nSPS) is 19.6. The zero-order valence-corrected chi connectivity index (χ0v) is 12.5. The van der Waals surface area contributed by atoms with Crippen molar-refractivity contribution in [3.63, 3.8) is 0 Å². The number of ether oxygens (including phenoxy) is 2. The Bertz CT molecular complexity index is 399. The van der Waals surface area contributed by atoms with E-state index in [1.54, 1.807) is 7.11 Å². The molecule has 0 heterocycles. The van der Waals surface area contributed by atoms with Crippen LogP contribution in [-0.4, -0.2) is 24.9 Å². The van der Waals surface area contributed by atoms with Crippen LogP contribution in [0.3, 0.4) is 0 Å². The van der Waals surface area contributed by atoms with Gasteiger partial charge in [-0.05, 0) is 31.7 Å². The van der Waals surface area contributed by atoms with Gasteiger partial charge in [-0.2, -0.15) is 0 Å². The van der Waals surface area contributed by atoms with E-state index in [0.717, 1.165) is 24.2 Å². The summed E-state index contributed by atoms with van der Waals surface area (Å²) in [5, 5.41) is 10.7. The van der Waals surface area contributed by atoms with Crippen molar-refractivity contribution in [1.82, 2.24) is 0 Å². The minimum atomic E-state index is -0.620. The van der Waals surface area contributed by atoms with Crippen LogP contribution in [-0.2, 0) is 4.74 Å². The molecule has 0 aromatic heterocycles. The highest BCUT2D eigenvalue weighted by Gasteiger charge is 2.31. The lowest BCUT2D eigenvalue weighted by Gasteiger charge is -2.33. The lowest BCUT2D eigenvalue weighted by atomic mass is 9.82. The molecule has 1 aliphatic rings. The number of hydrogen-bond donors (Lipinski definition) is 1. The molecule has 0 radical (unpaired) electrons. The zero-order valence-electron chi connectivity index (χ0n) is 12.5. The highest BCUT2D eigenvalue weighted by atomic mass is 16.5. The molecule has 3 nitrogen and oxygen atoms in total. The molecular weight excluding hydrogens is 252 g/mol. The van der Waals surface area contributed by atoms with E-state index >= 15 is 0 Å². The summed E-state index contributed by atoms with van der Waals surface area (Å²) in [5.41, 5.74) is 0.840. The van der Waals surface area contributed by atoms with Crippen molar-refractivity contribution in [3.8, 4) is 5.75 Å². The first kappa shape index (κ1) is 15.3. The van der Waals surface area contributed by atoms with Gasteiger partial charge in [-0.1, -0.05) is 37.5 Å². The second-order valence-electron chi connectivity index (χ2n) is 5.51. The van der Waals surface area contributed by atoms with E-state index in [4.69, 9.17) is 9.47 Å². The Hall–Kier alpha value is -1.06. The van der Waals surface area contributed by atoms with Gasteiger partial charge in [0.05, 0.1) is 12.7 Å². The molecule has 3 heteroatoms. The molecule has 0 aliphatic heterocycles. The van der Waals surface area contributed by atoms with Crippen molar-refractivity contribution in [2.45, 2.75) is 51.2 Å². The third-order valence-electron chi connectivity index (χ3n) is 4.24. The van der Waals surface area contributed by atoms with Crippen LogP contribution in [0.5, 0.6) is 5.75 Å². The number of aliphatic hydroxyl groups excluding tert-OH is 1. The largest absolute Gasteiger partial charge is 0.493 e. The molecule has 0 bridgehead atoms. The van der Waals surface area contributed by atoms with Gasteiger partial charge in [0.2, 0.25) is 0 Å². The molecule has 0 spiro atoms. The maximum atomic E-state index is 10.7. The maximum absolute atomic E-state index is 10.7. The van der Waals surface area contributed by atoms with E-state index in [9.17, 15) is 5.11 Å². The highest BCUT2D eigenvalue weighted by molar-refractivity contribution is 5.35. The van der Waals surface area contributed by atoms with Crippen LogP contribution >= 0.6 is 0 Å². The summed E-state index contributed by atoms with van der Waals surface area (Å²) in [6.45, 7) is 2.56. The van der Waals surface area contributed by atoms with Crippen molar-refractivity contribution >= 4 is 0 Å². The molecule has 0 saturated heterocycles. The summed E-state index contributed by atoms with van der Waals surface area (Å²) in [6, 6.07) is 7.72. The molecule has 2 rings (SSSR count). The SMILES string of the molecule is CCOc1ccccc1C(O)C(OC)C1CCCCC1. The predicted molar refractivity (Wildman–Crippen MR) is 79.9 cm³/mol. The van der Waals surface area contributed by atoms with Crippen molar-refractivity contribution in [2.24, 2.45) is 5.92 Å². The van der Waals surface area contributed by atoms with Gasteiger partial charge in [0.25, 0.3) is 0 Å². The minimum absolute atomic E-state index is 0.142. The highest BCUT2D eigenvalue weighted by Crippen LogP contribution is 2.36. The quantitative estimate of drug-likeness (QED) is 0.862. The summed E-state index contributed by atoms with van der Waals surface area (Å²) in [6.07, 6.45) is 5.31. The third-order valence-corrected chi connectivity index (χ3v) is 4.24. The third kappa shape index (κ3) is 3.53. The van der Waals surface area contributed by atoms with E-state index in [1.165, 1.54) is 19.3 Å². The van der Waals surface area contributed by atoms with E-state index in [-0.39, 0.29) is 6.10 Å². The number of hydrogen-bond acceptors (Lipinski definition) is 3. The molecule has 2 unspecified atom stereocenters. The van der Waals surface area contributed by atoms with Crippen LogP contribution in [0.2, 0.25) is 0 Å². The Labute approximate surface area is 121 Å². The number of methoxy groups -OCH3 is 1. The number of rotatable bonds is 6. The second-order valence-corrected chi connectivity index (χ2v) is 5.51. The van der Waals surface area contributed by atoms with Crippen LogP contribution in [0.1, 0.15) is 50.7 Å². The molecule has 1 aromatic carbocycles. The Kier molecular flexibility index (Phi) is 5.86. The van der Waals surface area contributed by atoms with Gasteiger partial charge in [-0.15, -0.1) is 0 Å². The number of para-hydroxylation sites is 1. The Balaban J connectivity index is 2.16. The van der Waals surface area contributed by atoms with E-state index < -0.39 is 6.10 Å². The monoisotopic (exact) mass is 278 g/mol. The molecule has 0 amide bonds. The predicted octanol–water partition coefficient (Wildman–Crippen LogP) is 3.71. The minimum Gasteiger partial charge on any atom is -0.493 e. The summed E-state index contributed by atoms with van der Waals surface area (Å²) < 4.78 is 11.3. The lowest BCUT2D eigenvalue weighted by Crippen LogP contribution is -2.31. The molecular formula is C17H26O3.